The Morgan fingerprint density at radius 3 is 2.50 bits per heavy atom. The van der Waals surface area contributed by atoms with E-state index >= 15 is 0 Å². The molecule has 3 fully saturated rings. The molecule has 0 spiro atoms. The molecule has 2 amide bonds. The first-order chi connectivity index (χ1) is 15.6. The molecule has 0 aromatic carbocycles. The zero-order chi connectivity index (χ0) is 22.3. The Hall–Kier alpha value is -1.44. The van der Waals surface area contributed by atoms with Gasteiger partial charge in [0.05, 0.1) is 10.9 Å². The second-order valence-electron chi connectivity index (χ2n) is 9.82. The molecule has 0 radical (unpaired) electrons. The third-order valence-electron chi connectivity index (χ3n) is 7.70. The van der Waals surface area contributed by atoms with Gasteiger partial charge in [-0.05, 0) is 62.9 Å². The van der Waals surface area contributed by atoms with Crippen molar-refractivity contribution in [1.29, 1.82) is 0 Å². The Bertz CT molecular complexity index is 726. The van der Waals surface area contributed by atoms with E-state index in [0.717, 1.165) is 50.3 Å². The van der Waals surface area contributed by atoms with Crippen molar-refractivity contribution in [3.8, 4) is 0 Å². The van der Waals surface area contributed by atoms with Crippen LogP contribution in [0.1, 0.15) is 68.0 Å². The van der Waals surface area contributed by atoms with Crippen LogP contribution in [0.15, 0.2) is 17.5 Å². The van der Waals surface area contributed by atoms with Crippen LogP contribution in [0.4, 0.5) is 0 Å². The molecule has 0 bridgehead atoms. The molecule has 178 valence electrons. The molecule has 7 heteroatoms. The lowest BCUT2D eigenvalue weighted by molar-refractivity contribution is -0.129. The topological polar surface area (TPSA) is 55.9 Å². The van der Waals surface area contributed by atoms with Gasteiger partial charge in [0, 0.05) is 45.3 Å². The number of carbonyl (C=O) groups excluding carboxylic acids is 2. The molecule has 6 nitrogen and oxygen atoms in total. The van der Waals surface area contributed by atoms with Gasteiger partial charge in [-0.3, -0.25) is 14.5 Å². The van der Waals surface area contributed by atoms with E-state index < -0.39 is 0 Å². The van der Waals surface area contributed by atoms with Crippen LogP contribution < -0.4 is 5.32 Å². The molecule has 3 aliphatic rings. The van der Waals surface area contributed by atoms with Gasteiger partial charge in [-0.25, -0.2) is 0 Å². The SMILES string of the molecule is CC1CCCCN1CCCNC(=O)C(C1CCCC1)N1CCN(C(=O)c2cccs2)CC1. The Morgan fingerprint density at radius 2 is 1.81 bits per heavy atom. The van der Waals surface area contributed by atoms with Crippen molar-refractivity contribution in [3.05, 3.63) is 22.4 Å². The first-order valence-electron chi connectivity index (χ1n) is 12.7. The lowest BCUT2D eigenvalue weighted by Gasteiger charge is -2.40. The van der Waals surface area contributed by atoms with Gasteiger partial charge in [0.15, 0.2) is 0 Å². The number of carbonyl (C=O) groups is 2. The smallest absolute Gasteiger partial charge is 0.264 e. The number of piperazine rings is 1. The summed E-state index contributed by atoms with van der Waals surface area (Å²) in [4.78, 5) is 33.7. The summed E-state index contributed by atoms with van der Waals surface area (Å²) < 4.78 is 0. The third kappa shape index (κ3) is 5.91. The molecule has 1 N–H and O–H groups in total. The van der Waals surface area contributed by atoms with Gasteiger partial charge in [-0.2, -0.15) is 0 Å². The predicted molar refractivity (Wildman–Crippen MR) is 130 cm³/mol. The highest BCUT2D eigenvalue weighted by Crippen LogP contribution is 2.31. The minimum atomic E-state index is -0.0367. The summed E-state index contributed by atoms with van der Waals surface area (Å²) in [5.41, 5.74) is 0. The van der Waals surface area contributed by atoms with Crippen LogP contribution in [0.5, 0.6) is 0 Å². The van der Waals surface area contributed by atoms with E-state index in [4.69, 9.17) is 0 Å². The van der Waals surface area contributed by atoms with Crippen LogP contribution in [-0.4, -0.2) is 84.4 Å². The van der Waals surface area contributed by atoms with Crippen molar-refractivity contribution >= 4 is 23.2 Å². The molecule has 2 atom stereocenters. The fraction of sp³-hybridized carbons (Fsp3) is 0.760. The van der Waals surface area contributed by atoms with Crippen molar-refractivity contribution in [2.24, 2.45) is 5.92 Å². The molecule has 1 aromatic heterocycles. The van der Waals surface area contributed by atoms with E-state index in [9.17, 15) is 9.59 Å². The summed E-state index contributed by atoms with van der Waals surface area (Å²) >= 11 is 1.51. The Balaban J connectivity index is 1.27. The molecule has 4 rings (SSSR count). The second-order valence-corrected chi connectivity index (χ2v) is 10.8. The Kier molecular flexibility index (Phi) is 8.61. The van der Waals surface area contributed by atoms with Gasteiger partial charge in [-0.15, -0.1) is 11.3 Å². The van der Waals surface area contributed by atoms with Crippen LogP contribution >= 0.6 is 11.3 Å². The van der Waals surface area contributed by atoms with Crippen molar-refractivity contribution in [1.82, 2.24) is 20.0 Å². The predicted octanol–water partition coefficient (Wildman–Crippen LogP) is 3.45. The molecule has 2 aliphatic heterocycles. The summed E-state index contributed by atoms with van der Waals surface area (Å²) in [6.07, 6.45) is 9.75. The average molecular weight is 461 g/mol. The van der Waals surface area contributed by atoms with Crippen LogP contribution in [0.2, 0.25) is 0 Å². The van der Waals surface area contributed by atoms with Crippen LogP contribution in [0.3, 0.4) is 0 Å². The van der Waals surface area contributed by atoms with E-state index in [0.29, 0.717) is 25.0 Å². The van der Waals surface area contributed by atoms with Gasteiger partial charge in [0.25, 0.3) is 5.91 Å². The van der Waals surface area contributed by atoms with Crippen molar-refractivity contribution in [2.75, 3.05) is 45.8 Å². The lowest BCUT2D eigenvalue weighted by atomic mass is 9.95. The van der Waals surface area contributed by atoms with Gasteiger partial charge in [0.1, 0.15) is 0 Å². The number of amides is 2. The highest BCUT2D eigenvalue weighted by atomic mass is 32.1. The first-order valence-corrected chi connectivity index (χ1v) is 13.6. The van der Waals surface area contributed by atoms with E-state index in [1.807, 2.05) is 22.4 Å². The standard InChI is InChI=1S/C25H40N4O2S/c1-20-8-4-5-13-27(20)14-7-12-26-24(30)23(21-9-2-3-10-21)28-15-17-29(18-16-28)25(31)22-11-6-19-32-22/h6,11,19-21,23H,2-5,7-10,12-18H2,1H3,(H,26,30). The number of piperidine rings is 1. The fourth-order valence-electron chi connectivity index (χ4n) is 5.80. The van der Waals surface area contributed by atoms with E-state index in [2.05, 4.69) is 22.0 Å². The molecular formula is C25H40N4O2S. The molecular weight excluding hydrogens is 420 g/mol. The zero-order valence-electron chi connectivity index (χ0n) is 19.6. The number of nitrogens with one attached hydrogen (secondary N) is 1. The highest BCUT2D eigenvalue weighted by Gasteiger charge is 2.37. The van der Waals surface area contributed by atoms with Gasteiger partial charge in [0.2, 0.25) is 5.91 Å². The normalized spacial score (nSPS) is 24.5. The zero-order valence-corrected chi connectivity index (χ0v) is 20.5. The maximum Gasteiger partial charge on any atom is 0.264 e. The van der Waals surface area contributed by atoms with E-state index in [1.165, 1.54) is 50.0 Å². The largest absolute Gasteiger partial charge is 0.355 e. The van der Waals surface area contributed by atoms with Crippen LogP contribution in [0.25, 0.3) is 0 Å². The molecule has 1 aromatic rings. The quantitative estimate of drug-likeness (QED) is 0.604. The minimum absolute atomic E-state index is 0.0367. The molecule has 3 heterocycles. The van der Waals surface area contributed by atoms with Crippen molar-refractivity contribution < 1.29 is 9.59 Å². The summed E-state index contributed by atoms with van der Waals surface area (Å²) in [6.45, 7) is 8.38. The van der Waals surface area contributed by atoms with Crippen molar-refractivity contribution in [2.45, 2.75) is 70.4 Å². The second kappa shape index (κ2) is 11.6. The number of likely N-dealkylation sites (tertiary alicyclic amines) is 1. The number of hydrogen-bond acceptors (Lipinski definition) is 5. The number of thiophene rings is 1. The van der Waals surface area contributed by atoms with Crippen LogP contribution in [0, 0.1) is 5.92 Å². The van der Waals surface area contributed by atoms with E-state index in [-0.39, 0.29) is 17.9 Å². The highest BCUT2D eigenvalue weighted by molar-refractivity contribution is 7.12. The van der Waals surface area contributed by atoms with Crippen LogP contribution in [-0.2, 0) is 4.79 Å². The Morgan fingerprint density at radius 1 is 1.06 bits per heavy atom. The first kappa shape index (κ1) is 23.7. The summed E-state index contributed by atoms with van der Waals surface area (Å²) in [5.74, 6) is 0.798. The molecule has 32 heavy (non-hydrogen) atoms. The molecule has 2 saturated heterocycles. The lowest BCUT2D eigenvalue weighted by Crippen LogP contribution is -2.58. The van der Waals surface area contributed by atoms with Crippen molar-refractivity contribution in [3.63, 3.8) is 0 Å². The fourth-order valence-corrected chi connectivity index (χ4v) is 6.49. The van der Waals surface area contributed by atoms with Gasteiger partial charge < -0.3 is 15.1 Å². The average Bonchev–Trinajstić information content (AvgIpc) is 3.53. The van der Waals surface area contributed by atoms with Gasteiger partial charge in [-0.1, -0.05) is 25.3 Å². The number of hydrogen-bond donors (Lipinski definition) is 1. The summed E-state index contributed by atoms with van der Waals surface area (Å²) in [7, 11) is 0. The molecule has 1 aliphatic carbocycles. The third-order valence-corrected chi connectivity index (χ3v) is 8.56. The van der Waals surface area contributed by atoms with E-state index in [1.54, 1.807) is 0 Å². The molecule has 2 unspecified atom stereocenters. The molecule has 1 saturated carbocycles. The maximum atomic E-state index is 13.3. The maximum absolute atomic E-state index is 13.3. The summed E-state index contributed by atoms with van der Waals surface area (Å²) in [5, 5.41) is 5.24. The minimum Gasteiger partial charge on any atom is -0.355 e. The summed E-state index contributed by atoms with van der Waals surface area (Å²) in [6, 6.07) is 4.48. The van der Waals surface area contributed by atoms with Gasteiger partial charge >= 0.3 is 0 Å². The monoisotopic (exact) mass is 460 g/mol. The number of rotatable bonds is 8. The number of nitrogens with zero attached hydrogens (tertiary/aromatic N) is 3. The Labute approximate surface area is 197 Å².